The Labute approximate surface area is 49.8 Å². The molecule has 7 heavy (non-hydrogen) atoms. The van der Waals surface area contributed by atoms with Crippen LogP contribution in [0.2, 0.25) is 0 Å². The van der Waals surface area contributed by atoms with Crippen molar-refractivity contribution < 1.29 is 0 Å². The SMILES string of the molecule is [SeH]c1ncccn1. The van der Waals surface area contributed by atoms with Gasteiger partial charge in [-0.15, -0.1) is 0 Å². The summed E-state index contributed by atoms with van der Waals surface area (Å²) in [6, 6.07) is 1.79. The molecule has 0 aliphatic carbocycles. The number of rotatable bonds is 0. The van der Waals surface area contributed by atoms with Crippen LogP contribution >= 0.6 is 0 Å². The summed E-state index contributed by atoms with van der Waals surface area (Å²) in [6.07, 6.45) is 3.42. The molecule has 36 valence electrons. The Kier molecular flexibility index (Phi) is 1.39. The van der Waals surface area contributed by atoms with E-state index in [0.29, 0.717) is 0 Å². The van der Waals surface area contributed by atoms with Gasteiger partial charge in [-0.05, 0) is 0 Å². The average Bonchev–Trinajstić information content (AvgIpc) is 1.69. The first-order valence-electron chi connectivity index (χ1n) is 1.85. The van der Waals surface area contributed by atoms with Crippen molar-refractivity contribution in [1.82, 2.24) is 9.97 Å². The van der Waals surface area contributed by atoms with Crippen molar-refractivity contribution in [2.45, 2.75) is 0 Å². The van der Waals surface area contributed by atoms with Crippen molar-refractivity contribution >= 4 is 20.7 Å². The van der Waals surface area contributed by atoms with E-state index in [2.05, 4.69) is 26.0 Å². The summed E-state index contributed by atoms with van der Waals surface area (Å²) in [6.45, 7) is 0. The molecule has 0 bridgehead atoms. The molecule has 0 aromatic carbocycles. The molecule has 0 fully saturated rings. The molecular weight excluding hydrogens is 155 g/mol. The van der Waals surface area contributed by atoms with Crippen molar-refractivity contribution in [2.24, 2.45) is 0 Å². The Balaban J connectivity index is 3.02. The number of hydrogen-bond acceptors (Lipinski definition) is 2. The zero-order valence-corrected chi connectivity index (χ0v) is 5.45. The summed E-state index contributed by atoms with van der Waals surface area (Å²) in [7, 11) is 0. The van der Waals surface area contributed by atoms with Gasteiger partial charge in [0, 0.05) is 0 Å². The van der Waals surface area contributed by atoms with Gasteiger partial charge < -0.3 is 0 Å². The summed E-state index contributed by atoms with van der Waals surface area (Å²) in [5.74, 6) is 0. The summed E-state index contributed by atoms with van der Waals surface area (Å²) < 4.78 is 0.759. The fourth-order valence-corrected chi connectivity index (χ4v) is 0.571. The number of nitrogens with zero attached hydrogens (tertiary/aromatic N) is 2. The zero-order chi connectivity index (χ0) is 5.11. The third kappa shape index (κ3) is 1.26. The fourth-order valence-electron chi connectivity index (χ4n) is 0.291. The van der Waals surface area contributed by atoms with Crippen molar-refractivity contribution in [3.8, 4) is 0 Å². The maximum absolute atomic E-state index is 3.84. The van der Waals surface area contributed by atoms with Crippen LogP contribution in [0.3, 0.4) is 0 Å². The Morgan fingerprint density at radius 1 is 1.29 bits per heavy atom. The van der Waals surface area contributed by atoms with Gasteiger partial charge in [-0.3, -0.25) is 0 Å². The van der Waals surface area contributed by atoms with Crippen LogP contribution in [0.5, 0.6) is 0 Å². The Morgan fingerprint density at radius 2 is 1.86 bits per heavy atom. The van der Waals surface area contributed by atoms with E-state index >= 15 is 0 Å². The molecule has 0 aliphatic rings. The van der Waals surface area contributed by atoms with E-state index in [4.69, 9.17) is 0 Å². The first-order chi connectivity index (χ1) is 3.39. The summed E-state index contributed by atoms with van der Waals surface area (Å²) in [5, 5.41) is 0. The van der Waals surface area contributed by atoms with Crippen LogP contribution in [0, 0.1) is 0 Å². The van der Waals surface area contributed by atoms with Crippen molar-refractivity contribution in [3.63, 3.8) is 0 Å². The first-order valence-corrected chi connectivity index (χ1v) is 2.79. The van der Waals surface area contributed by atoms with E-state index in [9.17, 15) is 0 Å². The van der Waals surface area contributed by atoms with E-state index in [1.165, 1.54) is 0 Å². The van der Waals surface area contributed by atoms with Crippen molar-refractivity contribution in [1.29, 1.82) is 0 Å². The quantitative estimate of drug-likeness (QED) is 0.454. The molecule has 0 radical (unpaired) electrons. The van der Waals surface area contributed by atoms with Gasteiger partial charge in [0.1, 0.15) is 0 Å². The molecule has 0 saturated carbocycles. The van der Waals surface area contributed by atoms with Gasteiger partial charge >= 0.3 is 49.2 Å². The third-order valence-electron chi connectivity index (χ3n) is 0.552. The molecule has 0 N–H and O–H groups in total. The number of hydrogen-bond donors (Lipinski definition) is 0. The van der Waals surface area contributed by atoms with Gasteiger partial charge in [0.05, 0.1) is 0 Å². The minimum absolute atomic E-state index is 0.759. The van der Waals surface area contributed by atoms with Gasteiger partial charge in [0.2, 0.25) is 0 Å². The normalized spacial score (nSPS) is 8.71. The maximum atomic E-state index is 3.84. The van der Waals surface area contributed by atoms with Crippen LogP contribution < -0.4 is 4.72 Å². The fraction of sp³-hybridized carbons (Fsp3) is 0. The molecule has 0 amide bonds. The van der Waals surface area contributed by atoms with Crippen molar-refractivity contribution in [3.05, 3.63) is 18.5 Å². The predicted octanol–water partition coefficient (Wildman–Crippen LogP) is -0.997. The molecule has 1 aromatic heterocycles. The van der Waals surface area contributed by atoms with E-state index < -0.39 is 0 Å². The molecule has 1 aromatic rings. The van der Waals surface area contributed by atoms with Crippen LogP contribution in [-0.4, -0.2) is 26.0 Å². The molecular formula is C4H4N2Se. The standard InChI is InChI=1S/C4H4N2Se/c7-4-5-2-1-3-6-4/h1-3H,(H,5,6,7). The molecule has 1 heterocycles. The second-order valence-corrected chi connectivity index (χ2v) is 1.89. The predicted molar refractivity (Wildman–Crippen MR) is 28.8 cm³/mol. The van der Waals surface area contributed by atoms with E-state index in [-0.39, 0.29) is 0 Å². The van der Waals surface area contributed by atoms with Crippen LogP contribution in [0.1, 0.15) is 0 Å². The molecule has 2 nitrogen and oxygen atoms in total. The third-order valence-corrected chi connectivity index (χ3v) is 1.04. The topological polar surface area (TPSA) is 25.8 Å². The first kappa shape index (κ1) is 4.75. The summed E-state index contributed by atoms with van der Waals surface area (Å²) >= 11 is 2.27. The molecule has 0 aliphatic heterocycles. The monoisotopic (exact) mass is 160 g/mol. The Hall–Kier alpha value is -0.401. The van der Waals surface area contributed by atoms with Gasteiger partial charge in [-0.2, -0.15) is 0 Å². The molecule has 3 heteroatoms. The van der Waals surface area contributed by atoms with Gasteiger partial charge in [0.25, 0.3) is 0 Å². The summed E-state index contributed by atoms with van der Waals surface area (Å²) in [5.41, 5.74) is 0. The van der Waals surface area contributed by atoms with Crippen molar-refractivity contribution in [2.75, 3.05) is 0 Å². The minimum atomic E-state index is 0.759. The van der Waals surface area contributed by atoms with E-state index in [1.54, 1.807) is 18.5 Å². The van der Waals surface area contributed by atoms with Crippen LogP contribution in [0.15, 0.2) is 18.5 Å². The second-order valence-electron chi connectivity index (χ2n) is 1.05. The molecule has 1 rings (SSSR count). The number of aromatic nitrogens is 2. The zero-order valence-electron chi connectivity index (χ0n) is 3.57. The van der Waals surface area contributed by atoms with Gasteiger partial charge in [0.15, 0.2) is 0 Å². The van der Waals surface area contributed by atoms with E-state index in [1.807, 2.05) is 0 Å². The van der Waals surface area contributed by atoms with Crippen LogP contribution in [0.4, 0.5) is 0 Å². The Bertz CT molecular complexity index is 140. The van der Waals surface area contributed by atoms with Gasteiger partial charge in [-0.1, -0.05) is 0 Å². The second kappa shape index (κ2) is 2.05. The Morgan fingerprint density at radius 3 is 2.14 bits per heavy atom. The average molecular weight is 159 g/mol. The molecule has 0 saturated heterocycles. The molecule has 0 atom stereocenters. The summed E-state index contributed by atoms with van der Waals surface area (Å²) in [4.78, 5) is 7.68. The molecule has 0 unspecified atom stereocenters. The van der Waals surface area contributed by atoms with Crippen LogP contribution in [0.25, 0.3) is 0 Å². The van der Waals surface area contributed by atoms with Gasteiger partial charge in [-0.25, -0.2) is 0 Å². The van der Waals surface area contributed by atoms with E-state index in [0.717, 1.165) is 4.72 Å². The molecule has 0 spiro atoms. The van der Waals surface area contributed by atoms with Crippen LogP contribution in [-0.2, 0) is 0 Å².